The van der Waals surface area contributed by atoms with Crippen molar-refractivity contribution in [2.45, 2.75) is 24.0 Å². The first-order valence-corrected chi connectivity index (χ1v) is 11.5. The number of anilines is 1. The van der Waals surface area contributed by atoms with Gasteiger partial charge in [-0.25, -0.2) is 9.78 Å². The molecule has 2 aromatic heterocycles. The molecular formula is C18H16N2O4S3. The number of thiophene rings is 1. The Labute approximate surface area is 166 Å². The van der Waals surface area contributed by atoms with E-state index in [0.29, 0.717) is 32.5 Å². The van der Waals surface area contributed by atoms with Gasteiger partial charge in [-0.15, -0.1) is 22.7 Å². The van der Waals surface area contributed by atoms with Crippen molar-refractivity contribution in [1.82, 2.24) is 4.98 Å². The van der Waals surface area contributed by atoms with Crippen LogP contribution >= 0.6 is 22.7 Å². The molecule has 0 aliphatic carbocycles. The van der Waals surface area contributed by atoms with Gasteiger partial charge in [-0.1, -0.05) is 0 Å². The lowest BCUT2D eigenvalue weighted by Gasteiger charge is -2.12. The van der Waals surface area contributed by atoms with E-state index in [-0.39, 0.29) is 12.5 Å². The van der Waals surface area contributed by atoms with Gasteiger partial charge in [0.25, 0.3) is 5.91 Å². The smallest absolute Gasteiger partial charge is 0.341 e. The number of thiazole rings is 1. The summed E-state index contributed by atoms with van der Waals surface area (Å²) in [6.45, 7) is 1.97. The van der Waals surface area contributed by atoms with Crippen molar-refractivity contribution in [2.75, 3.05) is 17.7 Å². The molecule has 1 aromatic carbocycles. The summed E-state index contributed by atoms with van der Waals surface area (Å²) in [5.74, 6) is -0.229. The SMILES string of the molecule is CCOC(=O)c1c(NC(=O)c2ccc3ncsc3c2)sc2c1CCC[S@@]2=O. The average molecular weight is 421 g/mol. The molecule has 4 rings (SSSR count). The molecule has 9 heteroatoms. The third-order valence-electron chi connectivity index (χ3n) is 4.23. The van der Waals surface area contributed by atoms with Crippen LogP contribution in [0.4, 0.5) is 5.00 Å². The highest BCUT2D eigenvalue weighted by atomic mass is 32.2. The Morgan fingerprint density at radius 2 is 2.22 bits per heavy atom. The largest absolute Gasteiger partial charge is 0.462 e. The van der Waals surface area contributed by atoms with Crippen molar-refractivity contribution in [3.63, 3.8) is 0 Å². The van der Waals surface area contributed by atoms with E-state index in [1.54, 1.807) is 30.6 Å². The number of fused-ring (bicyclic) bond motifs is 2. The Morgan fingerprint density at radius 1 is 1.37 bits per heavy atom. The van der Waals surface area contributed by atoms with Crippen molar-refractivity contribution in [3.8, 4) is 0 Å². The molecule has 0 saturated carbocycles. The Kier molecular flexibility index (Phi) is 5.07. The van der Waals surface area contributed by atoms with Gasteiger partial charge in [0.15, 0.2) is 0 Å². The summed E-state index contributed by atoms with van der Waals surface area (Å²) in [6, 6.07) is 5.27. The molecule has 0 unspecified atom stereocenters. The number of carbonyl (C=O) groups excluding carboxylic acids is 2. The van der Waals surface area contributed by atoms with E-state index < -0.39 is 16.8 Å². The number of hydrogen-bond donors (Lipinski definition) is 1. The molecule has 1 N–H and O–H groups in total. The van der Waals surface area contributed by atoms with Crippen LogP contribution in [-0.2, 0) is 22.0 Å². The molecule has 0 fully saturated rings. The summed E-state index contributed by atoms with van der Waals surface area (Å²) in [5, 5.41) is 3.23. The predicted molar refractivity (Wildman–Crippen MR) is 107 cm³/mol. The van der Waals surface area contributed by atoms with Crippen LogP contribution < -0.4 is 5.32 Å². The van der Waals surface area contributed by atoms with E-state index >= 15 is 0 Å². The van der Waals surface area contributed by atoms with Crippen molar-refractivity contribution >= 4 is 60.6 Å². The Bertz CT molecular complexity index is 1070. The molecule has 0 saturated heterocycles. The standard InChI is InChI=1S/C18H16N2O4S3/c1-2-24-17(22)14-11-4-3-7-27(23)18(11)26-16(14)20-15(21)10-5-6-12-13(8-10)25-9-19-12/h5-6,8-9H,2-4,7H2,1H3,(H,20,21)/t27-/m0/s1. The fourth-order valence-corrected chi connectivity index (χ4v) is 6.63. The normalized spacial score (nSPS) is 16.1. The number of rotatable bonds is 4. The maximum atomic E-state index is 12.8. The number of amides is 1. The van der Waals surface area contributed by atoms with Crippen LogP contribution in [0.25, 0.3) is 10.2 Å². The molecule has 0 spiro atoms. The second kappa shape index (κ2) is 7.49. The van der Waals surface area contributed by atoms with Gasteiger partial charge < -0.3 is 10.1 Å². The first kappa shape index (κ1) is 18.3. The van der Waals surface area contributed by atoms with Crippen molar-refractivity contribution in [1.29, 1.82) is 0 Å². The fraction of sp³-hybridized carbons (Fsp3) is 0.278. The van der Waals surface area contributed by atoms with Crippen molar-refractivity contribution in [2.24, 2.45) is 0 Å². The van der Waals surface area contributed by atoms with Crippen molar-refractivity contribution in [3.05, 3.63) is 40.4 Å². The molecule has 1 atom stereocenters. The molecule has 0 radical (unpaired) electrons. The second-order valence-electron chi connectivity index (χ2n) is 5.93. The average Bonchev–Trinajstić information content (AvgIpc) is 3.26. The molecule has 27 heavy (non-hydrogen) atoms. The maximum Gasteiger partial charge on any atom is 0.341 e. The third kappa shape index (κ3) is 3.42. The third-order valence-corrected chi connectivity index (χ3v) is 8.09. The van der Waals surface area contributed by atoms with Gasteiger partial charge in [0.1, 0.15) is 5.00 Å². The van der Waals surface area contributed by atoms with Crippen LogP contribution in [0.15, 0.2) is 27.9 Å². The zero-order chi connectivity index (χ0) is 19.0. The molecule has 140 valence electrons. The quantitative estimate of drug-likeness (QED) is 0.648. The van der Waals surface area contributed by atoms with Gasteiger partial charge in [-0.3, -0.25) is 9.00 Å². The minimum atomic E-state index is -1.14. The molecule has 1 aliphatic rings. The van der Waals surface area contributed by atoms with Gasteiger partial charge >= 0.3 is 5.97 Å². The van der Waals surface area contributed by atoms with E-state index in [4.69, 9.17) is 4.74 Å². The summed E-state index contributed by atoms with van der Waals surface area (Å²) >= 11 is 2.67. The zero-order valence-corrected chi connectivity index (χ0v) is 16.9. The highest BCUT2D eigenvalue weighted by molar-refractivity contribution is 7.87. The highest BCUT2D eigenvalue weighted by Gasteiger charge is 2.30. The van der Waals surface area contributed by atoms with Crippen LogP contribution in [0.1, 0.15) is 39.6 Å². The lowest BCUT2D eigenvalue weighted by Crippen LogP contribution is -2.16. The van der Waals surface area contributed by atoms with E-state index in [9.17, 15) is 13.8 Å². The highest BCUT2D eigenvalue weighted by Crippen LogP contribution is 2.40. The molecule has 1 aliphatic heterocycles. The van der Waals surface area contributed by atoms with E-state index in [0.717, 1.165) is 22.2 Å². The van der Waals surface area contributed by atoms with Gasteiger partial charge in [-0.2, -0.15) is 0 Å². The van der Waals surface area contributed by atoms with Gasteiger partial charge in [0, 0.05) is 11.3 Å². The number of esters is 1. The first-order valence-electron chi connectivity index (χ1n) is 8.44. The van der Waals surface area contributed by atoms with Crippen LogP contribution in [0.3, 0.4) is 0 Å². The lowest BCUT2D eigenvalue weighted by molar-refractivity contribution is 0.0526. The number of carbonyl (C=O) groups is 2. The second-order valence-corrected chi connectivity index (χ2v) is 9.61. The van der Waals surface area contributed by atoms with Crippen molar-refractivity contribution < 1.29 is 18.5 Å². The number of nitrogens with one attached hydrogen (secondary N) is 1. The molecule has 3 aromatic rings. The maximum absolute atomic E-state index is 12.8. The van der Waals surface area contributed by atoms with Crippen LogP contribution in [0.2, 0.25) is 0 Å². The minimum Gasteiger partial charge on any atom is -0.462 e. The molecule has 1 amide bonds. The first-order chi connectivity index (χ1) is 13.1. The number of aromatic nitrogens is 1. The topological polar surface area (TPSA) is 85.4 Å². The number of nitrogens with zero attached hydrogens (tertiary/aromatic N) is 1. The van der Waals surface area contributed by atoms with E-state index in [1.165, 1.54) is 22.7 Å². The summed E-state index contributed by atoms with van der Waals surface area (Å²) in [4.78, 5) is 29.5. The summed E-state index contributed by atoms with van der Waals surface area (Å²) in [7, 11) is -1.14. The summed E-state index contributed by atoms with van der Waals surface area (Å²) in [6.07, 6.45) is 1.41. The Morgan fingerprint density at radius 3 is 3.04 bits per heavy atom. The monoisotopic (exact) mass is 420 g/mol. The summed E-state index contributed by atoms with van der Waals surface area (Å²) < 4.78 is 19.1. The van der Waals surface area contributed by atoms with Crippen LogP contribution in [0.5, 0.6) is 0 Å². The van der Waals surface area contributed by atoms with E-state index in [2.05, 4.69) is 10.3 Å². The van der Waals surface area contributed by atoms with Gasteiger partial charge in [-0.05, 0) is 43.5 Å². The Balaban J connectivity index is 1.70. The summed E-state index contributed by atoms with van der Waals surface area (Å²) in [5.41, 5.74) is 4.14. The number of benzene rings is 1. The van der Waals surface area contributed by atoms with Gasteiger partial charge in [0.2, 0.25) is 0 Å². The Hall–Kier alpha value is -2.10. The van der Waals surface area contributed by atoms with Crippen LogP contribution in [0, 0.1) is 0 Å². The van der Waals surface area contributed by atoms with E-state index in [1.807, 2.05) is 0 Å². The fourth-order valence-electron chi connectivity index (χ4n) is 3.01. The van der Waals surface area contributed by atoms with Gasteiger partial charge in [0.05, 0.1) is 42.9 Å². The molecule has 6 nitrogen and oxygen atoms in total. The number of ether oxygens (including phenoxy) is 1. The molecule has 0 bridgehead atoms. The molecule has 3 heterocycles. The van der Waals surface area contributed by atoms with Crippen LogP contribution in [-0.4, -0.2) is 33.4 Å². The lowest BCUT2D eigenvalue weighted by atomic mass is 10.1. The zero-order valence-electron chi connectivity index (χ0n) is 14.4. The predicted octanol–water partition coefficient (Wildman–Crippen LogP) is 3.84. The minimum absolute atomic E-state index is 0.238. The molecular weight excluding hydrogens is 404 g/mol. The number of hydrogen-bond acceptors (Lipinski definition) is 7.